The summed E-state index contributed by atoms with van der Waals surface area (Å²) in [4.78, 5) is 42.8. The fourth-order valence-electron chi connectivity index (χ4n) is 3.77. The summed E-state index contributed by atoms with van der Waals surface area (Å²) in [5.74, 6) is 0.277. The van der Waals surface area contributed by atoms with Crippen LogP contribution in [0.3, 0.4) is 0 Å². The number of aromatic nitrogens is 2. The van der Waals surface area contributed by atoms with Crippen molar-refractivity contribution in [2.45, 2.75) is 12.2 Å². The van der Waals surface area contributed by atoms with E-state index in [0.717, 1.165) is 0 Å². The molecule has 0 aliphatic rings. The van der Waals surface area contributed by atoms with Gasteiger partial charge in [-0.3, -0.25) is 20.0 Å². The second kappa shape index (κ2) is 13.5. The third-order valence-electron chi connectivity index (χ3n) is 5.73. The molecule has 4 aromatic rings. The van der Waals surface area contributed by atoms with Crippen LogP contribution in [0.5, 0.6) is 0 Å². The van der Waals surface area contributed by atoms with E-state index in [1.807, 2.05) is 0 Å². The second-order valence-corrected chi connectivity index (χ2v) is 8.84. The summed E-state index contributed by atoms with van der Waals surface area (Å²) in [5.41, 5.74) is 1.51. The number of hydrogen-bond acceptors (Lipinski definition) is 10. The van der Waals surface area contributed by atoms with E-state index in [-0.39, 0.29) is 23.5 Å². The van der Waals surface area contributed by atoms with Crippen LogP contribution in [0.25, 0.3) is 28.0 Å². The normalized spacial score (nSPS) is 12.4. The van der Waals surface area contributed by atoms with Gasteiger partial charge >= 0.3 is 12.2 Å². The number of aliphatic hydroxyl groups is 4. The van der Waals surface area contributed by atoms with Gasteiger partial charge in [-0.2, -0.15) is 0 Å². The van der Waals surface area contributed by atoms with Gasteiger partial charge in [-0.1, -0.05) is 30.3 Å². The van der Waals surface area contributed by atoms with Crippen molar-refractivity contribution >= 4 is 34.5 Å². The molecule has 0 bridgehead atoms. The van der Waals surface area contributed by atoms with E-state index in [9.17, 15) is 24.6 Å². The summed E-state index contributed by atoms with van der Waals surface area (Å²) >= 11 is 0. The average molecular weight is 565 g/mol. The predicted molar refractivity (Wildman–Crippen MR) is 149 cm³/mol. The molecule has 13 nitrogen and oxygen atoms in total. The van der Waals surface area contributed by atoms with Crippen molar-refractivity contribution in [3.8, 4) is 17.1 Å². The summed E-state index contributed by atoms with van der Waals surface area (Å²) in [6.45, 7) is -1.91. The van der Waals surface area contributed by atoms with Gasteiger partial charge in [0.2, 0.25) is 0 Å². The van der Waals surface area contributed by atoms with Gasteiger partial charge < -0.3 is 29.9 Å². The first-order chi connectivity index (χ1) is 19.8. The lowest BCUT2D eigenvalue weighted by Gasteiger charge is -2.16. The number of nitrogens with one attached hydrogen (secondary N) is 2. The monoisotopic (exact) mass is 564 g/mol. The molecule has 6 N–H and O–H groups in total. The van der Waals surface area contributed by atoms with Gasteiger partial charge in [0.05, 0.1) is 29.8 Å². The molecule has 0 fully saturated rings. The first-order valence-corrected chi connectivity index (χ1v) is 12.5. The molecule has 2 unspecified atom stereocenters. The number of anilines is 2. The zero-order chi connectivity index (χ0) is 29.4. The highest BCUT2D eigenvalue weighted by atomic mass is 16.6. The number of nitrogens with zero attached hydrogens (tertiary/aromatic N) is 2. The minimum Gasteiger partial charge on any atom is -0.446 e. The molecule has 0 saturated heterocycles. The Morgan fingerprint density at radius 2 is 1.41 bits per heavy atom. The second-order valence-electron chi connectivity index (χ2n) is 8.84. The van der Waals surface area contributed by atoms with Gasteiger partial charge in [-0.15, -0.1) is 0 Å². The maximum Gasteiger partial charge on any atom is 0.411 e. The number of aliphatic hydroxyl groups excluding tert-OH is 4. The Morgan fingerprint density at radius 1 is 0.805 bits per heavy atom. The van der Waals surface area contributed by atoms with Crippen LogP contribution < -0.4 is 16.2 Å². The third-order valence-corrected chi connectivity index (χ3v) is 5.73. The largest absolute Gasteiger partial charge is 0.446 e. The number of amides is 2. The van der Waals surface area contributed by atoms with Crippen molar-refractivity contribution in [3.63, 3.8) is 0 Å². The number of ether oxygens (including phenoxy) is 2. The molecule has 0 aliphatic heterocycles. The Kier molecular flexibility index (Phi) is 9.60. The van der Waals surface area contributed by atoms with E-state index in [1.54, 1.807) is 60.7 Å². The summed E-state index contributed by atoms with van der Waals surface area (Å²) < 4.78 is 11.2. The van der Waals surface area contributed by atoms with Crippen molar-refractivity contribution < 1.29 is 39.5 Å². The van der Waals surface area contributed by atoms with E-state index in [0.29, 0.717) is 22.5 Å². The zero-order valence-corrected chi connectivity index (χ0v) is 21.6. The smallest absolute Gasteiger partial charge is 0.411 e. The van der Waals surface area contributed by atoms with Gasteiger partial charge in [0.25, 0.3) is 5.56 Å². The molecular weight excluding hydrogens is 536 g/mol. The number of para-hydroxylation sites is 1. The van der Waals surface area contributed by atoms with Crippen LogP contribution in [0.4, 0.5) is 21.0 Å². The van der Waals surface area contributed by atoms with E-state index >= 15 is 0 Å². The molecule has 0 spiro atoms. The standard InChI is InChI=1S/C28H28N4O9/c33-13-21(35)15-40-27(38)29-18-6-4-5-17(11-18)25-31-24-10-9-19(30-28(39)41-16-22(36)14-34)12-23(24)26(37)32(25)20-7-2-1-3-8-20/h1-12,21-22,33-36H,13-16H2,(H,29,38)(H,30,39). The molecule has 214 valence electrons. The van der Waals surface area contributed by atoms with Crippen LogP contribution in [0.1, 0.15) is 0 Å². The fraction of sp³-hybridized carbons (Fsp3) is 0.214. The number of benzene rings is 3. The maximum absolute atomic E-state index is 13.8. The van der Waals surface area contributed by atoms with Crippen molar-refractivity contribution in [1.82, 2.24) is 9.55 Å². The van der Waals surface area contributed by atoms with E-state index in [4.69, 9.17) is 24.7 Å². The van der Waals surface area contributed by atoms with Gasteiger partial charge in [-0.25, -0.2) is 14.6 Å². The molecule has 2 amide bonds. The lowest BCUT2D eigenvalue weighted by atomic mass is 10.1. The van der Waals surface area contributed by atoms with E-state index < -0.39 is 49.8 Å². The van der Waals surface area contributed by atoms with Crippen LogP contribution in [-0.2, 0) is 9.47 Å². The third kappa shape index (κ3) is 7.43. The highest BCUT2D eigenvalue weighted by Gasteiger charge is 2.17. The highest BCUT2D eigenvalue weighted by molar-refractivity contribution is 5.90. The van der Waals surface area contributed by atoms with Crippen LogP contribution in [0.2, 0.25) is 0 Å². The zero-order valence-electron chi connectivity index (χ0n) is 21.6. The predicted octanol–water partition coefficient (Wildman–Crippen LogP) is 1.86. The Morgan fingerprint density at radius 3 is 2.02 bits per heavy atom. The van der Waals surface area contributed by atoms with Gasteiger partial charge in [0.15, 0.2) is 0 Å². The first kappa shape index (κ1) is 29.2. The average Bonchev–Trinajstić information content (AvgIpc) is 2.99. The lowest BCUT2D eigenvalue weighted by Crippen LogP contribution is -2.25. The van der Waals surface area contributed by atoms with Crippen LogP contribution in [-0.4, -0.2) is 80.8 Å². The molecule has 41 heavy (non-hydrogen) atoms. The molecule has 1 aromatic heterocycles. The number of carbonyl (C=O) groups is 2. The minimum absolute atomic E-state index is 0.200. The van der Waals surface area contributed by atoms with Gasteiger partial charge in [0.1, 0.15) is 31.2 Å². The van der Waals surface area contributed by atoms with Crippen LogP contribution >= 0.6 is 0 Å². The molecule has 0 saturated carbocycles. The van der Waals surface area contributed by atoms with Crippen molar-refractivity contribution in [1.29, 1.82) is 0 Å². The molecule has 2 atom stereocenters. The van der Waals surface area contributed by atoms with Crippen LogP contribution in [0, 0.1) is 0 Å². The van der Waals surface area contributed by atoms with Crippen LogP contribution in [0.15, 0.2) is 77.6 Å². The van der Waals surface area contributed by atoms with Gasteiger partial charge in [0, 0.05) is 16.9 Å². The summed E-state index contributed by atoms with van der Waals surface area (Å²) in [6.07, 6.45) is -4.13. The molecule has 0 radical (unpaired) electrons. The molecule has 3 aromatic carbocycles. The van der Waals surface area contributed by atoms with E-state index in [1.165, 1.54) is 16.7 Å². The number of rotatable bonds is 10. The number of fused-ring (bicyclic) bond motifs is 1. The molecule has 4 rings (SSSR count). The fourth-order valence-corrected chi connectivity index (χ4v) is 3.77. The van der Waals surface area contributed by atoms with Crippen molar-refractivity contribution in [2.24, 2.45) is 0 Å². The van der Waals surface area contributed by atoms with Gasteiger partial charge in [-0.05, 0) is 42.5 Å². The molecular formula is C28H28N4O9. The molecule has 13 heteroatoms. The Balaban J connectivity index is 1.70. The summed E-state index contributed by atoms with van der Waals surface area (Å²) in [6, 6.07) is 19.9. The SMILES string of the molecule is O=C(Nc1cccc(-c2nc3ccc(NC(=O)OCC(O)CO)cc3c(=O)n2-c2ccccc2)c1)OCC(O)CO. The van der Waals surface area contributed by atoms with E-state index in [2.05, 4.69) is 10.6 Å². The minimum atomic E-state index is -1.21. The Hall–Kier alpha value is -4.82. The Bertz CT molecular complexity index is 1580. The maximum atomic E-state index is 13.8. The quantitative estimate of drug-likeness (QED) is 0.166. The Labute approximate surface area is 233 Å². The van der Waals surface area contributed by atoms with Crippen molar-refractivity contribution in [2.75, 3.05) is 37.1 Å². The lowest BCUT2D eigenvalue weighted by molar-refractivity contribution is 0.0361. The van der Waals surface area contributed by atoms with Crippen molar-refractivity contribution in [3.05, 3.63) is 83.2 Å². The summed E-state index contributed by atoms with van der Waals surface area (Å²) in [7, 11) is 0. The molecule has 0 aliphatic carbocycles. The topological polar surface area (TPSA) is 192 Å². The summed E-state index contributed by atoms with van der Waals surface area (Å²) in [5, 5.41) is 41.7. The number of carbonyl (C=O) groups excluding carboxylic acids is 2. The number of hydrogen-bond donors (Lipinski definition) is 6. The first-order valence-electron chi connectivity index (χ1n) is 12.5. The highest BCUT2D eigenvalue weighted by Crippen LogP contribution is 2.26. The molecule has 1 heterocycles.